The highest BCUT2D eigenvalue weighted by Crippen LogP contribution is 2.41. The lowest BCUT2D eigenvalue weighted by Crippen LogP contribution is -2.46. The van der Waals surface area contributed by atoms with E-state index in [1.165, 1.54) is 0 Å². The van der Waals surface area contributed by atoms with Crippen LogP contribution >= 0.6 is 0 Å². The molecule has 0 aliphatic carbocycles. The average Bonchev–Trinajstić information content (AvgIpc) is 3.14. The van der Waals surface area contributed by atoms with Gasteiger partial charge in [0.25, 0.3) is 11.8 Å². The summed E-state index contributed by atoms with van der Waals surface area (Å²) in [5.74, 6) is -0.878. The van der Waals surface area contributed by atoms with Crippen LogP contribution in [0, 0.1) is 0 Å². The molecule has 2 N–H and O–H groups in total. The molecular formula is C19H14N2O3. The van der Waals surface area contributed by atoms with Gasteiger partial charge in [0.2, 0.25) is 0 Å². The number of carbonyl (C=O) groups is 2. The van der Waals surface area contributed by atoms with Gasteiger partial charge in [-0.05, 0) is 5.56 Å². The van der Waals surface area contributed by atoms with Crippen molar-refractivity contribution >= 4 is 17.5 Å². The number of aliphatic hydroxyl groups excluding tert-OH is 1. The van der Waals surface area contributed by atoms with Crippen molar-refractivity contribution in [1.82, 2.24) is 5.32 Å². The predicted octanol–water partition coefficient (Wildman–Crippen LogP) is 1.33. The molecular weight excluding hydrogens is 304 g/mol. The fraction of sp³-hybridized carbons (Fsp3) is 0.105. The van der Waals surface area contributed by atoms with Crippen LogP contribution in [-0.4, -0.2) is 29.2 Å². The van der Waals surface area contributed by atoms with Gasteiger partial charge in [0.05, 0.1) is 23.5 Å². The smallest absolute Gasteiger partial charge is 0.277 e. The number of carbonyl (C=O) groups excluding carboxylic acids is 2. The van der Waals surface area contributed by atoms with Gasteiger partial charge in [-0.15, -0.1) is 0 Å². The summed E-state index contributed by atoms with van der Waals surface area (Å²) in [5, 5.41) is 12.9. The van der Waals surface area contributed by atoms with Crippen molar-refractivity contribution in [1.29, 1.82) is 0 Å². The summed E-state index contributed by atoms with van der Waals surface area (Å²) in [6, 6.07) is 18.1. The molecule has 0 fully saturated rings. The maximum atomic E-state index is 12.6. The van der Waals surface area contributed by atoms with Crippen LogP contribution in [0.5, 0.6) is 0 Å². The van der Waals surface area contributed by atoms with Crippen LogP contribution in [-0.2, 0) is 15.1 Å². The van der Waals surface area contributed by atoms with E-state index >= 15 is 0 Å². The van der Waals surface area contributed by atoms with Gasteiger partial charge < -0.3 is 10.4 Å². The van der Waals surface area contributed by atoms with Crippen molar-refractivity contribution in [3.8, 4) is 0 Å². The molecule has 2 aromatic carbocycles. The predicted molar refractivity (Wildman–Crippen MR) is 88.4 cm³/mol. The Kier molecular flexibility index (Phi) is 3.18. The Balaban J connectivity index is 1.92. The molecule has 2 aliphatic rings. The number of aliphatic hydroxyl groups is 1. The summed E-state index contributed by atoms with van der Waals surface area (Å²) in [7, 11) is 0. The Morgan fingerprint density at radius 3 is 2.21 bits per heavy atom. The molecule has 118 valence electrons. The quantitative estimate of drug-likeness (QED) is 0.896. The minimum Gasteiger partial charge on any atom is -0.393 e. The Labute approximate surface area is 138 Å². The minimum atomic E-state index is -1.25. The summed E-state index contributed by atoms with van der Waals surface area (Å²) >= 11 is 0. The van der Waals surface area contributed by atoms with Gasteiger partial charge >= 0.3 is 0 Å². The summed E-state index contributed by atoms with van der Waals surface area (Å²) in [4.78, 5) is 29.3. The first kappa shape index (κ1) is 14.5. The lowest BCUT2D eigenvalue weighted by atomic mass is 9.83. The van der Waals surface area contributed by atoms with Crippen molar-refractivity contribution in [3.63, 3.8) is 0 Å². The van der Waals surface area contributed by atoms with Gasteiger partial charge in [-0.25, -0.2) is 4.99 Å². The van der Waals surface area contributed by atoms with Crippen molar-refractivity contribution < 1.29 is 14.7 Å². The number of benzene rings is 2. The second kappa shape index (κ2) is 5.25. The Morgan fingerprint density at radius 2 is 1.58 bits per heavy atom. The second-order valence-electron chi connectivity index (χ2n) is 5.77. The summed E-state index contributed by atoms with van der Waals surface area (Å²) < 4.78 is 0. The summed E-state index contributed by atoms with van der Waals surface area (Å²) in [6.45, 7) is -0.412. The zero-order valence-corrected chi connectivity index (χ0v) is 12.7. The zero-order chi connectivity index (χ0) is 16.7. The summed E-state index contributed by atoms with van der Waals surface area (Å²) in [5.41, 5.74) is 0.949. The number of nitrogens with one attached hydrogen (secondary N) is 1. The Morgan fingerprint density at radius 1 is 0.958 bits per heavy atom. The zero-order valence-electron chi connectivity index (χ0n) is 12.7. The SMILES string of the molecule is O=C1N=C(c2ccccc2)C2=C1C(CO)(c1ccccc1)NC2=O. The summed E-state index contributed by atoms with van der Waals surface area (Å²) in [6.07, 6.45) is 0. The van der Waals surface area contributed by atoms with Gasteiger partial charge in [0.15, 0.2) is 0 Å². The lowest BCUT2D eigenvalue weighted by Gasteiger charge is -2.29. The van der Waals surface area contributed by atoms with Crippen molar-refractivity contribution in [2.75, 3.05) is 6.61 Å². The first-order chi connectivity index (χ1) is 11.7. The van der Waals surface area contributed by atoms with Gasteiger partial charge in [-0.1, -0.05) is 60.7 Å². The molecule has 0 saturated carbocycles. The van der Waals surface area contributed by atoms with E-state index in [2.05, 4.69) is 10.3 Å². The van der Waals surface area contributed by atoms with E-state index in [0.29, 0.717) is 16.8 Å². The van der Waals surface area contributed by atoms with Gasteiger partial charge in [-0.2, -0.15) is 0 Å². The van der Waals surface area contributed by atoms with Crippen LogP contribution in [0.15, 0.2) is 76.8 Å². The molecule has 0 saturated heterocycles. The van der Waals surface area contributed by atoms with Gasteiger partial charge in [-0.3, -0.25) is 9.59 Å². The molecule has 2 amide bonds. The first-order valence-electron chi connectivity index (χ1n) is 7.60. The monoisotopic (exact) mass is 318 g/mol. The van der Waals surface area contributed by atoms with Crippen LogP contribution in [0.2, 0.25) is 0 Å². The number of nitrogens with zero attached hydrogens (tertiary/aromatic N) is 1. The van der Waals surface area contributed by atoms with E-state index in [4.69, 9.17) is 0 Å². The maximum absolute atomic E-state index is 12.6. The third-order valence-electron chi connectivity index (χ3n) is 4.45. The fourth-order valence-corrected chi connectivity index (χ4v) is 3.33. The molecule has 24 heavy (non-hydrogen) atoms. The lowest BCUT2D eigenvalue weighted by molar-refractivity contribution is -0.117. The molecule has 0 spiro atoms. The number of hydrogen-bond acceptors (Lipinski definition) is 3. The highest BCUT2D eigenvalue weighted by molar-refractivity contribution is 6.39. The molecule has 4 rings (SSSR count). The highest BCUT2D eigenvalue weighted by Gasteiger charge is 2.53. The molecule has 0 radical (unpaired) electrons. The van der Waals surface area contributed by atoms with E-state index in [0.717, 1.165) is 0 Å². The van der Waals surface area contributed by atoms with E-state index in [-0.39, 0.29) is 11.1 Å². The fourth-order valence-electron chi connectivity index (χ4n) is 3.33. The van der Waals surface area contributed by atoms with Crippen LogP contribution < -0.4 is 5.32 Å². The standard InChI is InChI=1S/C19H14N2O3/c22-11-19(13-9-5-2-6-10-13)15-14(17(23)21-19)16(20-18(15)24)12-7-3-1-4-8-12/h1-10,22H,11H2,(H,21,23). The second-order valence-corrected chi connectivity index (χ2v) is 5.77. The molecule has 5 nitrogen and oxygen atoms in total. The van der Waals surface area contributed by atoms with Crippen LogP contribution in [0.3, 0.4) is 0 Å². The van der Waals surface area contributed by atoms with E-state index in [1.807, 2.05) is 24.3 Å². The van der Waals surface area contributed by atoms with Crippen molar-refractivity contribution in [3.05, 3.63) is 82.9 Å². The number of amides is 2. The largest absolute Gasteiger partial charge is 0.393 e. The van der Waals surface area contributed by atoms with Crippen LogP contribution in [0.1, 0.15) is 11.1 Å². The topological polar surface area (TPSA) is 78.8 Å². The molecule has 2 aliphatic heterocycles. The van der Waals surface area contributed by atoms with E-state index < -0.39 is 24.0 Å². The maximum Gasteiger partial charge on any atom is 0.277 e. The number of aliphatic imine (C=N–C) groups is 1. The third-order valence-corrected chi connectivity index (χ3v) is 4.45. The average molecular weight is 318 g/mol. The number of hydrogen-bond donors (Lipinski definition) is 2. The molecule has 2 heterocycles. The molecule has 5 heteroatoms. The number of rotatable bonds is 3. The molecule has 2 aromatic rings. The molecule has 0 aromatic heterocycles. The van der Waals surface area contributed by atoms with Gasteiger partial charge in [0, 0.05) is 5.56 Å². The third kappa shape index (κ3) is 1.88. The first-order valence-corrected chi connectivity index (χ1v) is 7.60. The van der Waals surface area contributed by atoms with Crippen molar-refractivity contribution in [2.24, 2.45) is 4.99 Å². The van der Waals surface area contributed by atoms with Gasteiger partial charge in [0.1, 0.15) is 5.54 Å². The normalized spacial score (nSPS) is 22.5. The molecule has 0 bridgehead atoms. The highest BCUT2D eigenvalue weighted by atomic mass is 16.3. The van der Waals surface area contributed by atoms with Crippen molar-refractivity contribution in [2.45, 2.75) is 5.54 Å². The van der Waals surface area contributed by atoms with E-state index in [1.54, 1.807) is 36.4 Å². The van der Waals surface area contributed by atoms with Crippen LogP contribution in [0.25, 0.3) is 0 Å². The Hall–Kier alpha value is -3.05. The van der Waals surface area contributed by atoms with E-state index in [9.17, 15) is 14.7 Å². The van der Waals surface area contributed by atoms with Crippen LogP contribution in [0.4, 0.5) is 0 Å². The molecule has 1 atom stereocenters. The Bertz CT molecular complexity index is 901. The molecule has 1 unspecified atom stereocenters. The minimum absolute atomic E-state index is 0.222.